The van der Waals surface area contributed by atoms with Gasteiger partial charge in [-0.05, 0) is 13.3 Å². The molecule has 0 spiro atoms. The molecule has 0 aromatic carbocycles. The van der Waals surface area contributed by atoms with Crippen molar-refractivity contribution in [1.29, 1.82) is 0 Å². The van der Waals surface area contributed by atoms with Gasteiger partial charge in [0.05, 0.1) is 19.0 Å². The highest BCUT2D eigenvalue weighted by molar-refractivity contribution is 7.89. The SMILES string of the molecule is COCCN(C(C)COC)S(=O)(=O)CCCCl. The Kier molecular flexibility index (Phi) is 9.17. The zero-order valence-electron chi connectivity index (χ0n) is 10.7. The molecule has 0 aliphatic heterocycles. The third kappa shape index (κ3) is 6.57. The zero-order chi connectivity index (χ0) is 13.3. The molecule has 104 valence electrons. The average molecular weight is 288 g/mol. The molecule has 0 fully saturated rings. The molecule has 0 aliphatic carbocycles. The summed E-state index contributed by atoms with van der Waals surface area (Å²) in [4.78, 5) is 0. The van der Waals surface area contributed by atoms with Crippen molar-refractivity contribution in [2.45, 2.75) is 19.4 Å². The van der Waals surface area contributed by atoms with Gasteiger partial charge in [0.25, 0.3) is 0 Å². The van der Waals surface area contributed by atoms with Crippen molar-refractivity contribution < 1.29 is 17.9 Å². The van der Waals surface area contributed by atoms with Crippen molar-refractivity contribution in [2.75, 3.05) is 45.6 Å². The maximum Gasteiger partial charge on any atom is 0.214 e. The Morgan fingerprint density at radius 1 is 1.29 bits per heavy atom. The molecule has 1 atom stereocenters. The van der Waals surface area contributed by atoms with E-state index < -0.39 is 10.0 Å². The minimum absolute atomic E-state index is 0.0638. The van der Waals surface area contributed by atoms with Gasteiger partial charge in [0.1, 0.15) is 0 Å². The Labute approximate surface area is 109 Å². The quantitative estimate of drug-likeness (QED) is 0.561. The van der Waals surface area contributed by atoms with Gasteiger partial charge in [-0.15, -0.1) is 11.6 Å². The molecule has 0 rings (SSSR count). The van der Waals surface area contributed by atoms with Crippen LogP contribution in [0, 0.1) is 0 Å². The van der Waals surface area contributed by atoms with Crippen LogP contribution in [0.15, 0.2) is 0 Å². The van der Waals surface area contributed by atoms with Crippen LogP contribution in [-0.4, -0.2) is 64.4 Å². The monoisotopic (exact) mass is 287 g/mol. The smallest absolute Gasteiger partial charge is 0.214 e. The molecule has 0 heterocycles. The molecule has 0 saturated carbocycles. The molecule has 0 saturated heterocycles. The number of ether oxygens (including phenoxy) is 2. The Morgan fingerprint density at radius 3 is 2.41 bits per heavy atom. The van der Waals surface area contributed by atoms with Gasteiger partial charge in [-0.3, -0.25) is 0 Å². The van der Waals surface area contributed by atoms with Crippen molar-refractivity contribution in [3.63, 3.8) is 0 Å². The maximum atomic E-state index is 12.1. The largest absolute Gasteiger partial charge is 0.383 e. The number of hydrogen-bond donors (Lipinski definition) is 0. The fourth-order valence-corrected chi connectivity index (χ4v) is 3.49. The fraction of sp³-hybridized carbons (Fsp3) is 1.00. The van der Waals surface area contributed by atoms with E-state index in [4.69, 9.17) is 21.1 Å². The summed E-state index contributed by atoms with van der Waals surface area (Å²) in [5.74, 6) is 0.407. The first-order valence-corrected chi connectivity index (χ1v) is 7.67. The Bertz CT molecular complexity index is 284. The topological polar surface area (TPSA) is 55.8 Å². The van der Waals surface area contributed by atoms with Crippen LogP contribution in [-0.2, 0) is 19.5 Å². The highest BCUT2D eigenvalue weighted by Crippen LogP contribution is 2.10. The number of hydrogen-bond acceptors (Lipinski definition) is 4. The third-order valence-electron chi connectivity index (χ3n) is 2.31. The highest BCUT2D eigenvalue weighted by atomic mass is 35.5. The van der Waals surface area contributed by atoms with Crippen LogP contribution < -0.4 is 0 Å². The van der Waals surface area contributed by atoms with E-state index in [-0.39, 0.29) is 11.8 Å². The summed E-state index contributed by atoms with van der Waals surface area (Å²) in [7, 11) is -0.191. The summed E-state index contributed by atoms with van der Waals surface area (Å²) in [6.07, 6.45) is 0.451. The normalized spacial score (nSPS) is 14.2. The second kappa shape index (κ2) is 9.10. The molecule has 0 aliphatic rings. The van der Waals surface area contributed by atoms with Crippen LogP contribution >= 0.6 is 11.6 Å². The first kappa shape index (κ1) is 17.1. The lowest BCUT2D eigenvalue weighted by Gasteiger charge is -2.27. The molecule has 0 amide bonds. The van der Waals surface area contributed by atoms with Crippen molar-refractivity contribution in [3.05, 3.63) is 0 Å². The summed E-state index contributed by atoms with van der Waals surface area (Å²) >= 11 is 5.53. The van der Waals surface area contributed by atoms with E-state index in [0.29, 0.717) is 32.1 Å². The van der Waals surface area contributed by atoms with Gasteiger partial charge in [0, 0.05) is 32.7 Å². The number of alkyl halides is 1. The number of methoxy groups -OCH3 is 2. The van der Waals surface area contributed by atoms with Crippen LogP contribution in [0.25, 0.3) is 0 Å². The van der Waals surface area contributed by atoms with Crippen molar-refractivity contribution >= 4 is 21.6 Å². The van der Waals surface area contributed by atoms with E-state index in [2.05, 4.69) is 0 Å². The van der Waals surface area contributed by atoms with Crippen molar-refractivity contribution in [1.82, 2.24) is 4.31 Å². The van der Waals surface area contributed by atoms with Gasteiger partial charge in [-0.1, -0.05) is 0 Å². The first-order chi connectivity index (χ1) is 7.99. The van der Waals surface area contributed by atoms with Crippen LogP contribution in [0.2, 0.25) is 0 Å². The number of halogens is 1. The third-order valence-corrected chi connectivity index (χ3v) is 4.64. The first-order valence-electron chi connectivity index (χ1n) is 5.53. The summed E-state index contributed by atoms with van der Waals surface area (Å²) in [6.45, 7) is 2.89. The summed E-state index contributed by atoms with van der Waals surface area (Å²) in [5, 5.41) is 0. The van der Waals surface area contributed by atoms with Crippen LogP contribution in [0.5, 0.6) is 0 Å². The van der Waals surface area contributed by atoms with Gasteiger partial charge in [0.15, 0.2) is 0 Å². The Hall–Kier alpha value is 0.120. The second-order valence-corrected chi connectivity index (χ2v) is 6.19. The van der Waals surface area contributed by atoms with E-state index >= 15 is 0 Å². The molecule has 0 bridgehead atoms. The molecule has 0 aromatic heterocycles. The number of nitrogens with zero attached hydrogens (tertiary/aromatic N) is 1. The predicted molar refractivity (Wildman–Crippen MR) is 69.0 cm³/mol. The standard InChI is InChI=1S/C10H22ClNO4S/c1-10(9-16-3)12(6-7-15-2)17(13,14)8-4-5-11/h10H,4-9H2,1-3H3. The average Bonchev–Trinajstić information content (AvgIpc) is 2.27. The van der Waals surface area contributed by atoms with Gasteiger partial charge in [-0.2, -0.15) is 4.31 Å². The predicted octanol–water partition coefficient (Wildman–Crippen LogP) is 0.928. The summed E-state index contributed by atoms with van der Waals surface area (Å²) in [6, 6.07) is -0.199. The molecule has 5 nitrogen and oxygen atoms in total. The Balaban J connectivity index is 4.64. The lowest BCUT2D eigenvalue weighted by molar-refractivity contribution is 0.119. The summed E-state index contributed by atoms with van der Waals surface area (Å²) in [5.41, 5.74) is 0. The van der Waals surface area contributed by atoms with Gasteiger partial charge in [0.2, 0.25) is 10.0 Å². The highest BCUT2D eigenvalue weighted by Gasteiger charge is 2.26. The van der Waals surface area contributed by atoms with Crippen molar-refractivity contribution in [3.8, 4) is 0 Å². The molecular weight excluding hydrogens is 266 g/mol. The molecule has 1 unspecified atom stereocenters. The van der Waals surface area contributed by atoms with E-state index in [9.17, 15) is 8.42 Å². The molecule has 0 radical (unpaired) electrons. The van der Waals surface area contributed by atoms with Gasteiger partial charge < -0.3 is 9.47 Å². The van der Waals surface area contributed by atoms with Crippen LogP contribution in [0.4, 0.5) is 0 Å². The second-order valence-electron chi connectivity index (χ2n) is 3.77. The van der Waals surface area contributed by atoms with Crippen molar-refractivity contribution in [2.24, 2.45) is 0 Å². The lowest BCUT2D eigenvalue weighted by Crippen LogP contribution is -2.44. The maximum absolute atomic E-state index is 12.1. The van der Waals surface area contributed by atoms with E-state index in [0.717, 1.165) is 0 Å². The van der Waals surface area contributed by atoms with Gasteiger partial charge >= 0.3 is 0 Å². The van der Waals surface area contributed by atoms with E-state index in [1.54, 1.807) is 14.2 Å². The minimum Gasteiger partial charge on any atom is -0.383 e. The number of sulfonamides is 1. The molecular formula is C10H22ClNO4S. The zero-order valence-corrected chi connectivity index (χ0v) is 12.3. The molecule has 17 heavy (non-hydrogen) atoms. The van der Waals surface area contributed by atoms with E-state index in [1.165, 1.54) is 4.31 Å². The van der Waals surface area contributed by atoms with Crippen LogP contribution in [0.3, 0.4) is 0 Å². The minimum atomic E-state index is -3.29. The molecule has 0 N–H and O–H groups in total. The van der Waals surface area contributed by atoms with E-state index in [1.807, 2.05) is 6.92 Å². The molecule has 0 aromatic rings. The molecule has 7 heteroatoms. The van der Waals surface area contributed by atoms with Crippen LogP contribution in [0.1, 0.15) is 13.3 Å². The summed E-state index contributed by atoms with van der Waals surface area (Å²) < 4.78 is 35.5. The number of rotatable bonds is 10. The van der Waals surface area contributed by atoms with Gasteiger partial charge in [-0.25, -0.2) is 8.42 Å². The fourth-order valence-electron chi connectivity index (χ4n) is 1.49. The lowest BCUT2D eigenvalue weighted by atomic mass is 10.3. The Morgan fingerprint density at radius 2 is 1.94 bits per heavy atom.